The fourth-order valence-corrected chi connectivity index (χ4v) is 2.62. The fourth-order valence-electron chi connectivity index (χ4n) is 1.32. The molecule has 0 aliphatic carbocycles. The molecule has 96 valence electrons. The first-order valence-corrected chi connectivity index (χ1v) is 6.50. The molecule has 0 heterocycles. The Kier molecular flexibility index (Phi) is 4.47. The van der Waals surface area contributed by atoms with E-state index in [4.69, 9.17) is 15.9 Å². The molecule has 6 nitrogen and oxygen atoms in total. The van der Waals surface area contributed by atoms with Gasteiger partial charge >= 0.3 is 0 Å². The van der Waals surface area contributed by atoms with Crippen LogP contribution in [0.5, 0.6) is 0 Å². The van der Waals surface area contributed by atoms with Gasteiger partial charge in [0.15, 0.2) is 0 Å². The number of hydrogen-bond acceptors (Lipinski definition) is 5. The molecule has 0 aliphatic heterocycles. The molecule has 1 aromatic carbocycles. The summed E-state index contributed by atoms with van der Waals surface area (Å²) in [4.78, 5) is 0.108. The van der Waals surface area contributed by atoms with Crippen molar-refractivity contribution in [1.29, 1.82) is 0 Å². The Hall–Kier alpha value is -1.15. The highest BCUT2D eigenvalue weighted by molar-refractivity contribution is 7.89. The number of anilines is 1. The lowest BCUT2D eigenvalue weighted by Crippen LogP contribution is -2.34. The molecule has 1 unspecified atom stereocenters. The highest BCUT2D eigenvalue weighted by Crippen LogP contribution is 2.17. The minimum absolute atomic E-state index is 0.108. The van der Waals surface area contributed by atoms with E-state index in [0.29, 0.717) is 11.3 Å². The second kappa shape index (κ2) is 5.46. The first-order valence-electron chi connectivity index (χ1n) is 5.01. The molecular weight excluding hydrogens is 244 g/mol. The van der Waals surface area contributed by atoms with Gasteiger partial charge < -0.3 is 15.9 Å². The summed E-state index contributed by atoms with van der Waals surface area (Å²) in [5.74, 6) is 0. The number of rotatable bonds is 5. The second-order valence-electron chi connectivity index (χ2n) is 3.71. The van der Waals surface area contributed by atoms with Crippen LogP contribution < -0.4 is 10.5 Å². The van der Waals surface area contributed by atoms with E-state index in [9.17, 15) is 8.42 Å². The van der Waals surface area contributed by atoms with Crippen molar-refractivity contribution in [2.24, 2.45) is 0 Å². The predicted octanol–water partition coefficient (Wildman–Crippen LogP) is -0.791. The molecule has 0 aromatic heterocycles. The standard InChI is InChI=1S/C10H16N2O4S/c1-7-4-8(11)2-3-10(7)17(15,16)12-5-9(14)6-13/h2-4,9,12-14H,5-6,11H2,1H3. The highest BCUT2D eigenvalue weighted by Gasteiger charge is 2.17. The average Bonchev–Trinajstić information content (AvgIpc) is 2.25. The van der Waals surface area contributed by atoms with Crippen molar-refractivity contribution in [3.8, 4) is 0 Å². The first kappa shape index (κ1) is 13.9. The van der Waals surface area contributed by atoms with Gasteiger partial charge in [-0.25, -0.2) is 13.1 Å². The van der Waals surface area contributed by atoms with E-state index >= 15 is 0 Å². The molecule has 0 bridgehead atoms. The number of aryl methyl sites for hydroxylation is 1. The number of aliphatic hydroxyl groups is 2. The van der Waals surface area contributed by atoms with Gasteiger partial charge in [-0.3, -0.25) is 0 Å². The summed E-state index contributed by atoms with van der Waals surface area (Å²) in [6.45, 7) is 0.902. The zero-order chi connectivity index (χ0) is 13.1. The lowest BCUT2D eigenvalue weighted by atomic mass is 10.2. The number of hydrogen-bond donors (Lipinski definition) is 4. The minimum atomic E-state index is -3.69. The minimum Gasteiger partial charge on any atom is -0.399 e. The van der Waals surface area contributed by atoms with Crippen LogP contribution >= 0.6 is 0 Å². The summed E-state index contributed by atoms with van der Waals surface area (Å²) in [6.07, 6.45) is -1.11. The average molecular weight is 260 g/mol. The van der Waals surface area contributed by atoms with E-state index < -0.39 is 22.7 Å². The maximum absolute atomic E-state index is 11.8. The van der Waals surface area contributed by atoms with Gasteiger partial charge in [0.25, 0.3) is 0 Å². The largest absolute Gasteiger partial charge is 0.399 e. The third-order valence-electron chi connectivity index (χ3n) is 2.21. The molecule has 0 saturated carbocycles. The van der Waals surface area contributed by atoms with Crippen LogP contribution in [0.3, 0.4) is 0 Å². The number of benzene rings is 1. The summed E-state index contributed by atoms with van der Waals surface area (Å²) in [6, 6.07) is 4.44. The van der Waals surface area contributed by atoms with Crippen LogP contribution in [0.15, 0.2) is 23.1 Å². The summed E-state index contributed by atoms with van der Waals surface area (Å²) >= 11 is 0. The third kappa shape index (κ3) is 3.67. The second-order valence-corrected chi connectivity index (χ2v) is 5.45. The van der Waals surface area contributed by atoms with Crippen LogP contribution in [0.25, 0.3) is 0 Å². The lowest BCUT2D eigenvalue weighted by molar-refractivity contribution is 0.0988. The number of nitrogens with one attached hydrogen (secondary N) is 1. The zero-order valence-electron chi connectivity index (χ0n) is 9.42. The molecule has 1 atom stereocenters. The summed E-state index contributed by atoms with van der Waals surface area (Å²) in [5.41, 5.74) is 6.53. The van der Waals surface area contributed by atoms with Gasteiger partial charge in [-0.2, -0.15) is 0 Å². The van der Waals surface area contributed by atoms with Crippen molar-refractivity contribution < 1.29 is 18.6 Å². The van der Waals surface area contributed by atoms with E-state index in [-0.39, 0.29) is 11.4 Å². The Bertz CT molecular complexity index is 487. The van der Waals surface area contributed by atoms with Crippen molar-refractivity contribution >= 4 is 15.7 Å². The van der Waals surface area contributed by atoms with E-state index in [1.54, 1.807) is 13.0 Å². The van der Waals surface area contributed by atoms with Crippen molar-refractivity contribution in [2.45, 2.75) is 17.9 Å². The molecule has 0 saturated heterocycles. The topological polar surface area (TPSA) is 113 Å². The van der Waals surface area contributed by atoms with Crippen LogP contribution in [0.1, 0.15) is 5.56 Å². The van der Waals surface area contributed by atoms with E-state index in [1.165, 1.54) is 12.1 Å². The van der Waals surface area contributed by atoms with Crippen LogP contribution in [0.4, 0.5) is 5.69 Å². The van der Waals surface area contributed by atoms with Crippen molar-refractivity contribution in [3.05, 3.63) is 23.8 Å². The summed E-state index contributed by atoms with van der Waals surface area (Å²) < 4.78 is 25.9. The molecular formula is C10H16N2O4S. The Morgan fingerprint density at radius 2 is 2.12 bits per heavy atom. The van der Waals surface area contributed by atoms with Gasteiger partial charge in [0, 0.05) is 12.2 Å². The maximum Gasteiger partial charge on any atom is 0.240 e. The Labute approximate surface area is 100 Å². The smallest absolute Gasteiger partial charge is 0.240 e. The van der Waals surface area contributed by atoms with Gasteiger partial charge in [-0.05, 0) is 30.7 Å². The van der Waals surface area contributed by atoms with Gasteiger partial charge in [0.05, 0.1) is 17.6 Å². The van der Waals surface area contributed by atoms with Crippen LogP contribution in [-0.2, 0) is 10.0 Å². The molecule has 0 radical (unpaired) electrons. The Morgan fingerprint density at radius 3 is 2.65 bits per heavy atom. The Balaban J connectivity index is 2.90. The van der Waals surface area contributed by atoms with Crippen LogP contribution in [0.2, 0.25) is 0 Å². The number of sulfonamides is 1. The molecule has 0 amide bonds. The third-order valence-corrected chi connectivity index (χ3v) is 3.79. The van der Waals surface area contributed by atoms with Crippen molar-refractivity contribution in [3.63, 3.8) is 0 Å². The quantitative estimate of drug-likeness (QED) is 0.518. The molecule has 1 aromatic rings. The predicted molar refractivity (Wildman–Crippen MR) is 63.9 cm³/mol. The molecule has 0 aliphatic rings. The first-order chi connectivity index (χ1) is 7.86. The van der Waals surface area contributed by atoms with Crippen molar-refractivity contribution in [2.75, 3.05) is 18.9 Å². The van der Waals surface area contributed by atoms with E-state index in [0.717, 1.165) is 0 Å². The number of nitrogen functional groups attached to an aromatic ring is 1. The van der Waals surface area contributed by atoms with Gasteiger partial charge in [0.2, 0.25) is 10.0 Å². The van der Waals surface area contributed by atoms with Crippen LogP contribution in [-0.4, -0.2) is 37.9 Å². The number of nitrogens with two attached hydrogens (primary N) is 1. The zero-order valence-corrected chi connectivity index (χ0v) is 10.2. The van der Waals surface area contributed by atoms with E-state index in [2.05, 4.69) is 4.72 Å². The normalized spacial score (nSPS) is 13.6. The molecule has 1 rings (SSSR count). The molecule has 0 fully saturated rings. The van der Waals surface area contributed by atoms with E-state index in [1.807, 2.05) is 0 Å². The van der Waals surface area contributed by atoms with Crippen molar-refractivity contribution in [1.82, 2.24) is 4.72 Å². The van der Waals surface area contributed by atoms with Gasteiger partial charge in [-0.15, -0.1) is 0 Å². The molecule has 0 spiro atoms. The Morgan fingerprint density at radius 1 is 1.47 bits per heavy atom. The maximum atomic E-state index is 11.8. The fraction of sp³-hybridized carbons (Fsp3) is 0.400. The summed E-state index contributed by atoms with van der Waals surface area (Å²) in [7, 11) is -3.69. The number of aliphatic hydroxyl groups excluding tert-OH is 2. The summed E-state index contributed by atoms with van der Waals surface area (Å²) in [5, 5.41) is 17.7. The lowest BCUT2D eigenvalue weighted by Gasteiger charge is -2.11. The molecule has 7 heteroatoms. The SMILES string of the molecule is Cc1cc(N)ccc1S(=O)(=O)NCC(O)CO. The monoisotopic (exact) mass is 260 g/mol. The van der Waals surface area contributed by atoms with Gasteiger partial charge in [0.1, 0.15) is 0 Å². The molecule has 5 N–H and O–H groups in total. The van der Waals surface area contributed by atoms with Gasteiger partial charge in [-0.1, -0.05) is 0 Å². The van der Waals surface area contributed by atoms with Crippen LogP contribution in [0, 0.1) is 6.92 Å². The highest BCUT2D eigenvalue weighted by atomic mass is 32.2. The molecule has 17 heavy (non-hydrogen) atoms.